The van der Waals surface area contributed by atoms with Crippen LogP contribution in [0.3, 0.4) is 0 Å². The van der Waals surface area contributed by atoms with E-state index in [1.54, 1.807) is 59.6 Å². The smallest absolute Gasteiger partial charge is 0.341 e. The molecule has 0 bridgehead atoms. The van der Waals surface area contributed by atoms with Crippen LogP contribution in [0.15, 0.2) is 106 Å². The standard InChI is InChI=1S/C58H72N4O21/c1-3-13-39(53(71)61-20-12-21-61)77-51-45(67)42(27-64)81-58(52(51)82-54(72)33-16-8-5-9-17-33)79-40-23-31(28-75-56-48(70)50(44(66)41(26-63)80-56)74-29-35-24-34-18-10-11-19-38(34)78-55(35)73)22-37(62-25-36(59-60-62)32-14-6-4-7-15-32)49(40)83-57-47(69)46(68)43(65)30(2)76-57/h4-11,14-19,24-25,30-31,37,39-52,56-58,63-70H,3,12-13,20-23,26-29H2,1-2H3/t30?,31?,37?,39-,40+,41?,42?,43+,44+,45-,46?,47?,48?,49?,50?,51?,52?,56-,57-,58+/m0/s1. The predicted molar refractivity (Wildman–Crippen MR) is 286 cm³/mol. The van der Waals surface area contributed by atoms with E-state index < -0.39 is 154 Å². The first-order valence-electron chi connectivity index (χ1n) is 28.1. The normalized spacial score (nSPS) is 34.2. The van der Waals surface area contributed by atoms with Crippen LogP contribution in [0.2, 0.25) is 0 Å². The van der Waals surface area contributed by atoms with Crippen LogP contribution >= 0.6 is 0 Å². The molecule has 5 aromatic rings. The zero-order valence-electron chi connectivity index (χ0n) is 45.7. The Labute approximate surface area is 476 Å². The van der Waals surface area contributed by atoms with Gasteiger partial charge >= 0.3 is 11.6 Å². The molecule has 1 aliphatic carbocycles. The number of aromatic nitrogens is 3. The van der Waals surface area contributed by atoms with Crippen molar-refractivity contribution < 1.29 is 97.5 Å². The summed E-state index contributed by atoms with van der Waals surface area (Å²) in [5.41, 5.74) is 0.994. The van der Waals surface area contributed by atoms with E-state index in [9.17, 15) is 55.2 Å². The van der Waals surface area contributed by atoms with Gasteiger partial charge in [0, 0.05) is 24.0 Å². The molecule has 25 nitrogen and oxygen atoms in total. The van der Waals surface area contributed by atoms with E-state index in [0.717, 1.165) is 6.42 Å². The predicted octanol–water partition coefficient (Wildman–Crippen LogP) is 0.731. The lowest BCUT2D eigenvalue weighted by molar-refractivity contribution is -0.350. The topological polar surface area (TPSA) is 343 Å². The molecule has 0 radical (unpaired) electrons. The van der Waals surface area contributed by atoms with Gasteiger partial charge in [-0.1, -0.05) is 85.3 Å². The number of hydrogen-bond donors (Lipinski definition) is 8. The molecular weight excluding hydrogens is 1090 g/mol. The number of rotatable bonds is 21. The molecule has 20 atom stereocenters. The van der Waals surface area contributed by atoms with Crippen molar-refractivity contribution in [2.75, 3.05) is 32.9 Å². The summed E-state index contributed by atoms with van der Waals surface area (Å²) >= 11 is 0. The number of fused-ring (bicyclic) bond motifs is 1. The number of hydrogen-bond acceptors (Lipinski definition) is 23. The molecule has 83 heavy (non-hydrogen) atoms. The number of aliphatic hydroxyl groups excluding tert-OH is 8. The van der Waals surface area contributed by atoms with Crippen molar-refractivity contribution in [3.63, 3.8) is 0 Å². The second kappa shape index (κ2) is 27.1. The minimum absolute atomic E-state index is 0.0690. The van der Waals surface area contributed by atoms with E-state index in [4.69, 9.17) is 47.0 Å². The number of ether oxygens (including phenoxy) is 9. The van der Waals surface area contributed by atoms with Crippen LogP contribution in [0.25, 0.3) is 22.2 Å². The molecule has 8 N–H and O–H groups in total. The molecule has 10 rings (SSSR count). The molecule has 5 aliphatic rings. The summed E-state index contributed by atoms with van der Waals surface area (Å²) in [7, 11) is 0. The largest absolute Gasteiger partial charge is 0.450 e. The van der Waals surface area contributed by atoms with E-state index in [0.29, 0.717) is 41.7 Å². The second-order valence-corrected chi connectivity index (χ2v) is 21.7. The fraction of sp³-hybridized carbons (Fsp3) is 0.569. The van der Waals surface area contributed by atoms with E-state index in [1.165, 1.54) is 23.7 Å². The molecule has 6 heterocycles. The van der Waals surface area contributed by atoms with Gasteiger partial charge in [-0.2, -0.15) is 0 Å². The van der Waals surface area contributed by atoms with E-state index in [2.05, 4.69) is 10.3 Å². The Balaban J connectivity index is 1.00. The van der Waals surface area contributed by atoms with Gasteiger partial charge < -0.3 is 92.8 Å². The van der Waals surface area contributed by atoms with Crippen LogP contribution in [0.1, 0.15) is 67.9 Å². The summed E-state index contributed by atoms with van der Waals surface area (Å²) < 4.78 is 64.2. The molecule has 4 saturated heterocycles. The fourth-order valence-corrected chi connectivity index (χ4v) is 11.3. The Kier molecular flexibility index (Phi) is 19.8. The third kappa shape index (κ3) is 13.4. The number of esters is 1. The Morgan fingerprint density at radius 3 is 2.11 bits per heavy atom. The van der Waals surface area contributed by atoms with Gasteiger partial charge in [-0.3, -0.25) is 4.79 Å². The first-order chi connectivity index (χ1) is 40.1. The molecule has 4 aliphatic heterocycles. The first kappa shape index (κ1) is 60.4. The van der Waals surface area contributed by atoms with Crippen LogP contribution in [-0.2, 0) is 54.0 Å². The van der Waals surface area contributed by atoms with Crippen molar-refractivity contribution in [1.82, 2.24) is 19.9 Å². The molecule has 3 aromatic carbocycles. The molecule has 0 spiro atoms. The Morgan fingerprint density at radius 2 is 1.41 bits per heavy atom. The van der Waals surface area contributed by atoms with Crippen LogP contribution in [0, 0.1) is 5.92 Å². The third-order valence-electron chi connectivity index (χ3n) is 16.0. The number of carbonyl (C=O) groups is 2. The minimum atomic E-state index is -1.82. The maximum absolute atomic E-state index is 14.2. The molecule has 1 saturated carbocycles. The highest BCUT2D eigenvalue weighted by atomic mass is 16.8. The fourth-order valence-electron chi connectivity index (χ4n) is 11.3. The van der Waals surface area contributed by atoms with E-state index in [-0.39, 0.29) is 42.9 Å². The van der Waals surface area contributed by atoms with Gasteiger partial charge in [0.05, 0.1) is 62.0 Å². The summed E-state index contributed by atoms with van der Waals surface area (Å²) in [4.78, 5) is 42.8. The highest BCUT2D eigenvalue weighted by Gasteiger charge is 2.55. The molecule has 5 fully saturated rings. The second-order valence-electron chi connectivity index (χ2n) is 21.7. The molecule has 12 unspecified atom stereocenters. The van der Waals surface area contributed by atoms with Crippen LogP contribution < -0.4 is 5.63 Å². The number of amides is 1. The Hall–Kier alpha value is -5.69. The number of nitrogens with zero attached hydrogens (tertiary/aromatic N) is 4. The van der Waals surface area contributed by atoms with Crippen molar-refractivity contribution in [3.8, 4) is 11.3 Å². The van der Waals surface area contributed by atoms with Gasteiger partial charge in [0.1, 0.15) is 84.5 Å². The lowest BCUT2D eigenvalue weighted by atomic mass is 9.81. The molecular formula is C58H72N4O21. The Bertz CT molecular complexity index is 2970. The maximum Gasteiger partial charge on any atom is 0.341 e. The minimum Gasteiger partial charge on any atom is -0.450 e. The number of benzene rings is 3. The van der Waals surface area contributed by atoms with Gasteiger partial charge in [-0.15, -0.1) is 5.10 Å². The molecule has 1 amide bonds. The van der Waals surface area contributed by atoms with E-state index >= 15 is 0 Å². The average Bonchev–Trinajstić information content (AvgIpc) is 4.07. The first-order valence-corrected chi connectivity index (χ1v) is 28.1. The summed E-state index contributed by atoms with van der Waals surface area (Å²) in [5.74, 6) is -1.89. The van der Waals surface area contributed by atoms with Gasteiger partial charge in [-0.05, 0) is 62.8 Å². The van der Waals surface area contributed by atoms with Gasteiger partial charge in [-0.25, -0.2) is 14.3 Å². The zero-order chi connectivity index (χ0) is 58.5. The van der Waals surface area contributed by atoms with Crippen molar-refractivity contribution >= 4 is 22.8 Å². The number of likely N-dealkylation sites (tertiary alicyclic amines) is 1. The van der Waals surface area contributed by atoms with Crippen molar-refractivity contribution in [2.24, 2.45) is 5.92 Å². The molecule has 2 aromatic heterocycles. The Morgan fingerprint density at radius 1 is 0.723 bits per heavy atom. The summed E-state index contributed by atoms with van der Waals surface area (Å²) in [6.07, 6.45) is -24.1. The molecule has 25 heteroatoms. The van der Waals surface area contributed by atoms with Crippen LogP contribution in [-0.4, -0.2) is 216 Å². The zero-order valence-corrected chi connectivity index (χ0v) is 45.7. The quantitative estimate of drug-likeness (QED) is 0.0371. The summed E-state index contributed by atoms with van der Waals surface area (Å²) in [6, 6.07) is 24.6. The van der Waals surface area contributed by atoms with Crippen molar-refractivity contribution in [2.45, 2.75) is 169 Å². The number of carbonyl (C=O) groups excluding carboxylic acids is 2. The SMILES string of the molecule is CCC[C@H](OC1C(OC(=O)c2ccccc2)[C@H](O[C@@H]2CC(CO[C@H]3OC(CO)[C@@H](O)C(OCc4cc5ccccc5oc4=O)C3O)CC(n3cc(-c4ccccc4)nn3)C2O[C@@H]2OC(C)[C@@H](O)C(O)C2O)OC(CO)[C@@H]1O)C(=O)N1CCC1. The van der Waals surface area contributed by atoms with Crippen molar-refractivity contribution in [1.29, 1.82) is 0 Å². The number of aliphatic hydroxyl groups is 8. The highest BCUT2D eigenvalue weighted by molar-refractivity contribution is 5.89. The summed E-state index contributed by atoms with van der Waals surface area (Å²) in [6.45, 7) is 2.15. The highest BCUT2D eigenvalue weighted by Crippen LogP contribution is 2.42. The van der Waals surface area contributed by atoms with Gasteiger partial charge in [0.15, 0.2) is 25.0 Å². The lowest BCUT2D eigenvalue weighted by Crippen LogP contribution is -2.64. The van der Waals surface area contributed by atoms with Crippen molar-refractivity contribution in [3.05, 3.63) is 119 Å². The third-order valence-corrected chi connectivity index (χ3v) is 16.0. The lowest BCUT2D eigenvalue weighted by Gasteiger charge is -2.49. The number of para-hydroxylation sites is 1. The van der Waals surface area contributed by atoms with Gasteiger partial charge in [0.25, 0.3) is 5.91 Å². The summed E-state index contributed by atoms with van der Waals surface area (Å²) in [5, 5.41) is 99.4. The van der Waals surface area contributed by atoms with E-state index in [1.807, 2.05) is 37.3 Å². The van der Waals surface area contributed by atoms with Gasteiger partial charge in [0.2, 0.25) is 0 Å². The molecule has 450 valence electrons. The van der Waals surface area contributed by atoms with Crippen LogP contribution in [0.4, 0.5) is 0 Å². The maximum atomic E-state index is 14.2. The van der Waals surface area contributed by atoms with Crippen LogP contribution in [0.5, 0.6) is 0 Å². The average molecular weight is 1160 g/mol. The monoisotopic (exact) mass is 1160 g/mol.